The van der Waals surface area contributed by atoms with Crippen molar-refractivity contribution in [2.24, 2.45) is 0 Å². The molecular weight excluding hydrogens is 155 g/mol. The number of nitrogens with one attached hydrogen (secondary N) is 1. The number of hydrogen-bond acceptors (Lipinski definition) is 2. The molecule has 2 nitrogen and oxygen atoms in total. The topological polar surface area (TPSA) is 24.9 Å². The Bertz CT molecular complexity index is 235. The van der Waals surface area contributed by atoms with Gasteiger partial charge in [-0.25, -0.2) is 4.98 Å². The molecule has 0 saturated carbocycles. The van der Waals surface area contributed by atoms with Gasteiger partial charge in [0.15, 0.2) is 0 Å². The van der Waals surface area contributed by atoms with Crippen LogP contribution in [0.25, 0.3) is 0 Å². The van der Waals surface area contributed by atoms with E-state index >= 15 is 0 Å². The number of pyridine rings is 1. The Labute approximate surface area is 69.6 Å². The van der Waals surface area contributed by atoms with Crippen molar-refractivity contribution >= 4 is 20.4 Å². The third-order valence-corrected chi connectivity index (χ3v) is 1.58. The minimum atomic E-state index is 0.439. The maximum absolute atomic E-state index is 4.16. The first-order valence-electron chi connectivity index (χ1n) is 3.66. The highest BCUT2D eigenvalue weighted by Crippen LogP contribution is 2.02. The Morgan fingerprint density at radius 2 is 2.27 bits per heavy atom. The molecule has 1 N–H and O–H groups in total. The molecule has 0 spiro atoms. The van der Waals surface area contributed by atoms with E-state index in [4.69, 9.17) is 0 Å². The minimum Gasteiger partial charge on any atom is -0.368 e. The third kappa shape index (κ3) is 2.85. The molecule has 0 fully saturated rings. The molecular formula is C8H13N2P. The van der Waals surface area contributed by atoms with Crippen molar-refractivity contribution in [3.8, 4) is 0 Å². The van der Waals surface area contributed by atoms with Gasteiger partial charge in [-0.2, -0.15) is 0 Å². The highest BCUT2D eigenvalue weighted by molar-refractivity contribution is 7.27. The summed E-state index contributed by atoms with van der Waals surface area (Å²) in [6.07, 6.45) is 1.80. The third-order valence-electron chi connectivity index (χ3n) is 1.22. The maximum Gasteiger partial charge on any atom is 0.126 e. The molecule has 1 unspecified atom stereocenters. The molecule has 1 rings (SSSR count). The number of anilines is 1. The second-order valence-electron chi connectivity index (χ2n) is 2.77. The first kappa shape index (κ1) is 8.48. The smallest absolute Gasteiger partial charge is 0.126 e. The van der Waals surface area contributed by atoms with Crippen molar-refractivity contribution < 1.29 is 0 Å². The lowest BCUT2D eigenvalue weighted by molar-refractivity contribution is 0.890. The molecule has 0 aliphatic carbocycles. The molecule has 60 valence electrons. The minimum absolute atomic E-state index is 0.439. The summed E-state index contributed by atoms with van der Waals surface area (Å²) in [5, 5.41) is 4.38. The standard InChI is InChI=1S/C8H13N2P/c1-6(2)10-8-5-7(11)3-4-9-8/h3-6H,11H2,1-2H3,(H,9,10). The predicted molar refractivity (Wildman–Crippen MR) is 52.3 cm³/mol. The molecule has 1 aromatic heterocycles. The molecule has 0 amide bonds. The van der Waals surface area contributed by atoms with Crippen LogP contribution in [0, 0.1) is 0 Å². The zero-order valence-electron chi connectivity index (χ0n) is 6.83. The van der Waals surface area contributed by atoms with Crippen LogP contribution in [-0.4, -0.2) is 11.0 Å². The van der Waals surface area contributed by atoms with Gasteiger partial charge < -0.3 is 5.32 Å². The summed E-state index contributed by atoms with van der Waals surface area (Å²) in [7, 11) is 2.64. The average Bonchev–Trinajstić information content (AvgIpc) is 1.85. The van der Waals surface area contributed by atoms with Gasteiger partial charge in [0.2, 0.25) is 0 Å². The van der Waals surface area contributed by atoms with Crippen molar-refractivity contribution in [1.29, 1.82) is 0 Å². The monoisotopic (exact) mass is 168 g/mol. The maximum atomic E-state index is 4.16. The molecule has 1 atom stereocenters. The van der Waals surface area contributed by atoms with Crippen LogP contribution in [0.4, 0.5) is 5.82 Å². The molecule has 0 bridgehead atoms. The summed E-state index contributed by atoms with van der Waals surface area (Å²) >= 11 is 0. The highest BCUT2D eigenvalue weighted by Gasteiger charge is 1.94. The van der Waals surface area contributed by atoms with Gasteiger partial charge in [-0.3, -0.25) is 0 Å². The molecule has 1 aromatic rings. The van der Waals surface area contributed by atoms with Crippen LogP contribution in [0.15, 0.2) is 18.3 Å². The lowest BCUT2D eigenvalue weighted by Gasteiger charge is -2.08. The summed E-state index contributed by atoms with van der Waals surface area (Å²) < 4.78 is 0. The Morgan fingerprint density at radius 3 is 2.82 bits per heavy atom. The van der Waals surface area contributed by atoms with E-state index in [-0.39, 0.29) is 0 Å². The molecule has 3 heteroatoms. The van der Waals surface area contributed by atoms with Crippen molar-refractivity contribution in [2.45, 2.75) is 19.9 Å². The van der Waals surface area contributed by atoms with E-state index in [0.29, 0.717) is 6.04 Å². The molecule has 0 radical (unpaired) electrons. The number of nitrogens with zero attached hydrogens (tertiary/aromatic N) is 1. The Balaban J connectivity index is 2.71. The van der Waals surface area contributed by atoms with Gasteiger partial charge in [-0.05, 0) is 31.3 Å². The predicted octanol–water partition coefficient (Wildman–Crippen LogP) is 1.40. The fraction of sp³-hybridized carbons (Fsp3) is 0.375. The van der Waals surface area contributed by atoms with E-state index in [2.05, 4.69) is 33.4 Å². The largest absolute Gasteiger partial charge is 0.368 e. The summed E-state index contributed by atoms with van der Waals surface area (Å²) in [5.74, 6) is 0.938. The van der Waals surface area contributed by atoms with E-state index in [1.807, 2.05) is 12.1 Å². The Hall–Kier alpha value is -0.620. The van der Waals surface area contributed by atoms with Gasteiger partial charge in [0, 0.05) is 12.2 Å². The summed E-state index contributed by atoms with van der Waals surface area (Å²) in [4.78, 5) is 4.16. The van der Waals surface area contributed by atoms with Crippen LogP contribution in [0.2, 0.25) is 0 Å². The number of hydrogen-bond donors (Lipinski definition) is 1. The van der Waals surface area contributed by atoms with Gasteiger partial charge in [0.1, 0.15) is 5.82 Å². The summed E-state index contributed by atoms with van der Waals surface area (Å²) in [6, 6.07) is 4.40. The van der Waals surface area contributed by atoms with Gasteiger partial charge in [0.25, 0.3) is 0 Å². The molecule has 1 heterocycles. The zero-order chi connectivity index (χ0) is 8.27. The fourth-order valence-electron chi connectivity index (χ4n) is 0.822. The highest BCUT2D eigenvalue weighted by atomic mass is 31.0. The van der Waals surface area contributed by atoms with Crippen molar-refractivity contribution in [2.75, 3.05) is 5.32 Å². The lowest BCUT2D eigenvalue weighted by Crippen LogP contribution is -2.11. The van der Waals surface area contributed by atoms with E-state index in [0.717, 1.165) is 11.1 Å². The van der Waals surface area contributed by atoms with Gasteiger partial charge in [-0.1, -0.05) is 0 Å². The van der Waals surface area contributed by atoms with E-state index < -0.39 is 0 Å². The molecule has 0 aliphatic heterocycles. The first-order chi connectivity index (χ1) is 5.18. The second kappa shape index (κ2) is 3.68. The van der Waals surface area contributed by atoms with E-state index in [1.54, 1.807) is 6.20 Å². The molecule has 11 heavy (non-hydrogen) atoms. The van der Waals surface area contributed by atoms with E-state index in [1.165, 1.54) is 0 Å². The van der Waals surface area contributed by atoms with Crippen LogP contribution in [0.1, 0.15) is 13.8 Å². The molecule has 0 saturated heterocycles. The summed E-state index contributed by atoms with van der Waals surface area (Å²) in [5.41, 5.74) is 0. The van der Waals surface area contributed by atoms with Crippen LogP contribution < -0.4 is 10.6 Å². The average molecular weight is 168 g/mol. The van der Waals surface area contributed by atoms with Crippen LogP contribution in [0.5, 0.6) is 0 Å². The molecule has 0 aliphatic rings. The van der Waals surface area contributed by atoms with Gasteiger partial charge >= 0.3 is 0 Å². The first-order valence-corrected chi connectivity index (χ1v) is 4.24. The number of aromatic nitrogens is 1. The van der Waals surface area contributed by atoms with Gasteiger partial charge in [0.05, 0.1) is 0 Å². The second-order valence-corrected chi connectivity index (χ2v) is 3.44. The normalized spacial score (nSPS) is 10.2. The molecule has 0 aromatic carbocycles. The van der Waals surface area contributed by atoms with Crippen molar-refractivity contribution in [3.63, 3.8) is 0 Å². The van der Waals surface area contributed by atoms with Crippen LogP contribution in [0.3, 0.4) is 0 Å². The number of rotatable bonds is 2. The lowest BCUT2D eigenvalue weighted by atomic mass is 10.4. The zero-order valence-corrected chi connectivity index (χ0v) is 7.99. The summed E-state index contributed by atoms with van der Waals surface area (Å²) in [6.45, 7) is 4.19. The van der Waals surface area contributed by atoms with Crippen molar-refractivity contribution in [1.82, 2.24) is 4.98 Å². The quantitative estimate of drug-likeness (QED) is 0.675. The van der Waals surface area contributed by atoms with E-state index in [9.17, 15) is 0 Å². The Kier molecular flexibility index (Phi) is 2.84. The Morgan fingerprint density at radius 1 is 1.55 bits per heavy atom. The van der Waals surface area contributed by atoms with Crippen LogP contribution >= 0.6 is 9.24 Å². The van der Waals surface area contributed by atoms with Gasteiger partial charge in [-0.15, -0.1) is 9.24 Å². The van der Waals surface area contributed by atoms with Crippen molar-refractivity contribution in [3.05, 3.63) is 18.3 Å². The fourth-order valence-corrected chi connectivity index (χ4v) is 1.07. The van der Waals surface area contributed by atoms with Crippen LogP contribution in [-0.2, 0) is 0 Å². The SMILES string of the molecule is CC(C)Nc1cc(P)ccn1.